The predicted molar refractivity (Wildman–Crippen MR) is 84.7 cm³/mol. The van der Waals surface area contributed by atoms with Crippen LogP contribution in [0.3, 0.4) is 0 Å². The van der Waals surface area contributed by atoms with Crippen LogP contribution >= 0.6 is 0 Å². The van der Waals surface area contributed by atoms with E-state index in [9.17, 15) is 8.42 Å². The zero-order valence-corrected chi connectivity index (χ0v) is 13.8. The summed E-state index contributed by atoms with van der Waals surface area (Å²) in [6.07, 6.45) is 4.70. The third-order valence-electron chi connectivity index (χ3n) is 4.41. The fourth-order valence-corrected chi connectivity index (χ4v) is 4.25. The Morgan fingerprint density at radius 1 is 1.33 bits per heavy atom. The van der Waals surface area contributed by atoms with Crippen LogP contribution in [0.2, 0.25) is 0 Å². The van der Waals surface area contributed by atoms with E-state index in [0.29, 0.717) is 24.2 Å². The minimum atomic E-state index is -3.49. The quantitative estimate of drug-likeness (QED) is 0.877. The van der Waals surface area contributed by atoms with Gasteiger partial charge in [0.25, 0.3) is 0 Å². The van der Waals surface area contributed by atoms with Crippen LogP contribution in [0.1, 0.15) is 40.0 Å². The fraction of sp³-hybridized carbons (Fsp3) is 0.667. The molecule has 1 fully saturated rings. The van der Waals surface area contributed by atoms with Gasteiger partial charge in [-0.05, 0) is 31.2 Å². The topological polar surface area (TPSA) is 71.1 Å². The molecular weight excluding hydrogens is 286 g/mol. The van der Waals surface area contributed by atoms with E-state index in [4.69, 9.17) is 0 Å². The molecule has 5 nitrogen and oxygen atoms in total. The van der Waals surface area contributed by atoms with Crippen LogP contribution < -0.4 is 10.0 Å². The van der Waals surface area contributed by atoms with Gasteiger partial charge in [0.05, 0.1) is 4.90 Å². The number of rotatable bonds is 5. The van der Waals surface area contributed by atoms with Gasteiger partial charge < -0.3 is 5.32 Å². The number of hydrogen-bond donors (Lipinski definition) is 2. The first-order chi connectivity index (χ1) is 9.94. The van der Waals surface area contributed by atoms with E-state index in [0.717, 1.165) is 12.8 Å². The van der Waals surface area contributed by atoms with Crippen molar-refractivity contribution >= 4 is 15.8 Å². The number of aromatic nitrogens is 1. The number of sulfonamides is 1. The van der Waals surface area contributed by atoms with Gasteiger partial charge in [0.15, 0.2) is 0 Å². The Morgan fingerprint density at radius 3 is 2.81 bits per heavy atom. The van der Waals surface area contributed by atoms with Gasteiger partial charge in [-0.3, -0.25) is 0 Å². The molecule has 1 aromatic heterocycles. The molecule has 0 amide bonds. The number of nitrogens with zero attached hydrogens (tertiary/aromatic N) is 1. The van der Waals surface area contributed by atoms with Crippen LogP contribution in [0, 0.1) is 11.8 Å². The summed E-state index contributed by atoms with van der Waals surface area (Å²) in [6, 6.07) is 3.15. The van der Waals surface area contributed by atoms with Gasteiger partial charge in [0.1, 0.15) is 5.82 Å². The van der Waals surface area contributed by atoms with Crippen LogP contribution in [0.5, 0.6) is 0 Å². The van der Waals surface area contributed by atoms with E-state index in [1.54, 1.807) is 12.1 Å². The Labute approximate surface area is 127 Å². The summed E-state index contributed by atoms with van der Waals surface area (Å²) in [4.78, 5) is 4.39. The fourth-order valence-electron chi connectivity index (χ4n) is 2.87. The molecule has 2 rings (SSSR count). The summed E-state index contributed by atoms with van der Waals surface area (Å²) in [6.45, 7) is 6.99. The molecule has 1 aromatic rings. The zero-order valence-electron chi connectivity index (χ0n) is 13.0. The van der Waals surface area contributed by atoms with Crippen LogP contribution in [0.25, 0.3) is 0 Å². The predicted octanol–water partition coefficient (Wildman–Crippen LogP) is 2.62. The SMILES string of the molecule is CCNc1cc(S(=O)(=O)NC2CCCC(C)C2C)ccn1. The van der Waals surface area contributed by atoms with E-state index in [1.165, 1.54) is 12.6 Å². The molecule has 21 heavy (non-hydrogen) atoms. The molecule has 1 saturated carbocycles. The summed E-state index contributed by atoms with van der Waals surface area (Å²) in [5.41, 5.74) is 0. The number of nitrogens with one attached hydrogen (secondary N) is 2. The molecule has 118 valence electrons. The maximum Gasteiger partial charge on any atom is 0.241 e. The van der Waals surface area contributed by atoms with Gasteiger partial charge >= 0.3 is 0 Å². The molecule has 0 bridgehead atoms. The lowest BCUT2D eigenvalue weighted by Gasteiger charge is -2.34. The largest absolute Gasteiger partial charge is 0.370 e. The molecular formula is C15H25N3O2S. The van der Waals surface area contributed by atoms with Crippen molar-refractivity contribution in [1.29, 1.82) is 0 Å². The third kappa shape index (κ3) is 3.95. The number of hydrogen-bond acceptors (Lipinski definition) is 4. The molecule has 1 heterocycles. The lowest BCUT2D eigenvalue weighted by Crippen LogP contribution is -2.43. The van der Waals surface area contributed by atoms with E-state index in [2.05, 4.69) is 28.9 Å². The molecule has 3 unspecified atom stereocenters. The van der Waals surface area contributed by atoms with Gasteiger partial charge in [-0.1, -0.05) is 26.7 Å². The highest BCUT2D eigenvalue weighted by Crippen LogP contribution is 2.30. The van der Waals surface area contributed by atoms with Crippen LogP contribution in [0.15, 0.2) is 23.2 Å². The molecule has 1 aliphatic rings. The van der Waals surface area contributed by atoms with Gasteiger partial charge in [-0.15, -0.1) is 0 Å². The maximum absolute atomic E-state index is 12.5. The van der Waals surface area contributed by atoms with Crippen molar-refractivity contribution in [1.82, 2.24) is 9.71 Å². The van der Waals surface area contributed by atoms with Gasteiger partial charge in [0.2, 0.25) is 10.0 Å². The smallest absolute Gasteiger partial charge is 0.241 e. The summed E-state index contributed by atoms with van der Waals surface area (Å²) >= 11 is 0. The highest BCUT2D eigenvalue weighted by molar-refractivity contribution is 7.89. The monoisotopic (exact) mass is 311 g/mol. The standard InChI is InChI=1S/C15H25N3O2S/c1-4-16-15-10-13(8-9-17-15)21(19,20)18-14-7-5-6-11(2)12(14)3/h8-12,14,18H,4-7H2,1-3H3,(H,16,17). The summed E-state index contributed by atoms with van der Waals surface area (Å²) in [5.74, 6) is 1.51. The Morgan fingerprint density at radius 2 is 2.10 bits per heavy atom. The first-order valence-electron chi connectivity index (χ1n) is 7.66. The van der Waals surface area contributed by atoms with E-state index in [1.807, 2.05) is 6.92 Å². The lowest BCUT2D eigenvalue weighted by molar-refractivity contribution is 0.227. The third-order valence-corrected chi connectivity index (χ3v) is 5.90. The highest BCUT2D eigenvalue weighted by atomic mass is 32.2. The second-order valence-corrected chi connectivity index (χ2v) is 7.62. The Hall–Kier alpha value is -1.14. The van der Waals surface area contributed by atoms with Crippen molar-refractivity contribution in [3.05, 3.63) is 18.3 Å². The normalized spacial score (nSPS) is 26.5. The molecule has 0 spiro atoms. The molecule has 0 radical (unpaired) electrons. The minimum absolute atomic E-state index is 0.0227. The van der Waals surface area contributed by atoms with Crippen molar-refractivity contribution in [2.45, 2.75) is 51.0 Å². The average Bonchev–Trinajstić information content (AvgIpc) is 2.44. The summed E-state index contributed by atoms with van der Waals surface area (Å²) in [7, 11) is -3.49. The Balaban J connectivity index is 2.16. The minimum Gasteiger partial charge on any atom is -0.370 e. The maximum atomic E-state index is 12.5. The lowest BCUT2D eigenvalue weighted by atomic mass is 9.78. The molecule has 6 heteroatoms. The second kappa shape index (κ2) is 6.75. The van der Waals surface area contributed by atoms with Crippen LogP contribution in [-0.4, -0.2) is 26.0 Å². The van der Waals surface area contributed by atoms with Gasteiger partial charge in [-0.25, -0.2) is 18.1 Å². The molecule has 0 aliphatic heterocycles. The Kier molecular flexibility index (Phi) is 5.22. The number of pyridine rings is 1. The van der Waals surface area contributed by atoms with Crippen molar-refractivity contribution in [2.75, 3.05) is 11.9 Å². The van der Waals surface area contributed by atoms with Crippen LogP contribution in [-0.2, 0) is 10.0 Å². The summed E-state index contributed by atoms with van der Waals surface area (Å²) < 4.78 is 28.0. The highest BCUT2D eigenvalue weighted by Gasteiger charge is 2.30. The van der Waals surface area contributed by atoms with Gasteiger partial charge in [0, 0.05) is 24.8 Å². The van der Waals surface area contributed by atoms with E-state index in [-0.39, 0.29) is 10.9 Å². The number of anilines is 1. The van der Waals surface area contributed by atoms with Crippen molar-refractivity contribution in [3.63, 3.8) is 0 Å². The van der Waals surface area contributed by atoms with E-state index >= 15 is 0 Å². The van der Waals surface area contributed by atoms with Crippen LogP contribution in [0.4, 0.5) is 5.82 Å². The van der Waals surface area contributed by atoms with Crippen molar-refractivity contribution < 1.29 is 8.42 Å². The van der Waals surface area contributed by atoms with Crippen molar-refractivity contribution in [2.24, 2.45) is 11.8 Å². The van der Waals surface area contributed by atoms with Gasteiger partial charge in [-0.2, -0.15) is 0 Å². The first kappa shape index (κ1) is 16.2. The molecule has 3 atom stereocenters. The van der Waals surface area contributed by atoms with Crippen molar-refractivity contribution in [3.8, 4) is 0 Å². The molecule has 1 aliphatic carbocycles. The Bertz CT molecular complexity index is 574. The molecule has 2 N–H and O–H groups in total. The second-order valence-electron chi connectivity index (χ2n) is 5.90. The summed E-state index contributed by atoms with van der Waals surface area (Å²) in [5, 5.41) is 3.04. The molecule has 0 aromatic carbocycles. The average molecular weight is 311 g/mol. The zero-order chi connectivity index (χ0) is 15.5. The molecule has 0 saturated heterocycles. The first-order valence-corrected chi connectivity index (χ1v) is 9.14. The van der Waals surface area contributed by atoms with E-state index < -0.39 is 10.0 Å².